The molecule has 0 radical (unpaired) electrons. The number of hydrogen-bond donors (Lipinski definition) is 0. The van der Waals surface area contributed by atoms with Gasteiger partial charge >= 0.3 is 23.9 Å². The minimum Gasteiger partial charge on any atom is -0.386 e. The second-order valence-electron chi connectivity index (χ2n) is 9.08. The third-order valence-corrected chi connectivity index (χ3v) is 7.62. The molecule has 0 atom stereocenters. The van der Waals surface area contributed by atoms with Crippen LogP contribution < -0.4 is 0 Å². The molecule has 0 bridgehead atoms. The van der Waals surface area contributed by atoms with Gasteiger partial charge in [0.1, 0.15) is 0 Å². The molecule has 6 heteroatoms. The summed E-state index contributed by atoms with van der Waals surface area (Å²) in [6.07, 6.45) is 0. The first-order valence-electron chi connectivity index (χ1n) is 11.1. The topological polar surface area (TPSA) is 86.7 Å². The zero-order valence-electron chi connectivity index (χ0n) is 17.9. The summed E-state index contributed by atoms with van der Waals surface area (Å²) in [5.41, 5.74) is 7.08. The Morgan fingerprint density at radius 2 is 0.771 bits per heavy atom. The van der Waals surface area contributed by atoms with Crippen LogP contribution in [0.15, 0.2) is 72.8 Å². The van der Waals surface area contributed by atoms with Crippen molar-refractivity contribution in [2.45, 2.75) is 5.41 Å². The van der Waals surface area contributed by atoms with E-state index in [2.05, 4.69) is 12.1 Å². The lowest BCUT2D eigenvalue weighted by atomic mass is 9.70. The molecule has 164 valence electrons. The predicted octanol–water partition coefficient (Wildman–Crippen LogP) is 4.65. The third-order valence-electron chi connectivity index (χ3n) is 7.62. The second-order valence-corrected chi connectivity index (χ2v) is 9.08. The highest BCUT2D eigenvalue weighted by atomic mass is 16.6. The van der Waals surface area contributed by atoms with E-state index < -0.39 is 29.3 Å². The maximum atomic E-state index is 12.5. The van der Waals surface area contributed by atoms with Crippen LogP contribution in [0.3, 0.4) is 0 Å². The molecule has 1 spiro atoms. The van der Waals surface area contributed by atoms with Gasteiger partial charge in [-0.2, -0.15) is 0 Å². The van der Waals surface area contributed by atoms with Gasteiger partial charge in [0.05, 0.1) is 27.7 Å². The number of rotatable bonds is 0. The van der Waals surface area contributed by atoms with Crippen molar-refractivity contribution in [1.82, 2.24) is 0 Å². The van der Waals surface area contributed by atoms with Crippen molar-refractivity contribution in [3.8, 4) is 22.3 Å². The highest BCUT2D eigenvalue weighted by Gasteiger charge is 2.53. The Bertz CT molecular complexity index is 1650. The molecule has 2 aliphatic heterocycles. The zero-order valence-corrected chi connectivity index (χ0v) is 17.9. The average molecular weight is 456 g/mol. The maximum Gasteiger partial charge on any atom is 0.346 e. The van der Waals surface area contributed by atoms with E-state index in [0.717, 1.165) is 33.4 Å². The fraction of sp³-hybridized carbons (Fsp3) is 0.0345. The lowest BCUT2D eigenvalue weighted by molar-refractivity contribution is 0.0425. The largest absolute Gasteiger partial charge is 0.386 e. The molecule has 8 rings (SSSR count). The molecule has 0 aromatic heterocycles. The standard InChI is InChI=1S/C29H12O6/c30-25-17-9-15-16-10-18-20(28(33)35-26(18)31)12-24(16)29(23(15)11-19(17)27(32)34-25)21-7-3-1-5-13(21)14-6-2-4-8-22(14)29/h1-12H. The van der Waals surface area contributed by atoms with Crippen molar-refractivity contribution in [3.05, 3.63) is 117 Å². The summed E-state index contributed by atoms with van der Waals surface area (Å²) in [5.74, 6) is -2.75. The van der Waals surface area contributed by atoms with E-state index in [1.54, 1.807) is 24.3 Å². The molecule has 4 aromatic carbocycles. The third kappa shape index (κ3) is 1.95. The lowest BCUT2D eigenvalue weighted by Crippen LogP contribution is -2.26. The van der Waals surface area contributed by atoms with Crippen molar-refractivity contribution >= 4 is 23.9 Å². The quantitative estimate of drug-likeness (QED) is 0.244. The normalized spacial score (nSPS) is 16.9. The van der Waals surface area contributed by atoms with Crippen LogP contribution >= 0.6 is 0 Å². The fourth-order valence-corrected chi connectivity index (χ4v) is 6.29. The van der Waals surface area contributed by atoms with Crippen LogP contribution in [0.1, 0.15) is 63.7 Å². The SMILES string of the molecule is O=C1OC(=O)c2cc3c(cc21)-c1cc2c(cc1C31c3ccccc3-c3ccccc31)C(=O)OC2=O. The number of hydrogen-bond acceptors (Lipinski definition) is 6. The van der Waals surface area contributed by atoms with Gasteiger partial charge in [0.25, 0.3) is 0 Å². The molecular weight excluding hydrogens is 444 g/mol. The summed E-state index contributed by atoms with van der Waals surface area (Å²) in [7, 11) is 0. The Morgan fingerprint density at radius 1 is 0.400 bits per heavy atom. The van der Waals surface area contributed by atoms with Crippen molar-refractivity contribution in [2.75, 3.05) is 0 Å². The molecule has 0 fully saturated rings. The van der Waals surface area contributed by atoms with E-state index in [4.69, 9.17) is 9.47 Å². The Balaban J connectivity index is 1.60. The number of fused-ring (bicyclic) bond motifs is 12. The van der Waals surface area contributed by atoms with Crippen molar-refractivity contribution < 1.29 is 28.7 Å². The smallest absolute Gasteiger partial charge is 0.346 e. The van der Waals surface area contributed by atoms with Crippen LogP contribution in [0.5, 0.6) is 0 Å². The van der Waals surface area contributed by atoms with E-state index in [1.807, 2.05) is 36.4 Å². The Kier molecular flexibility index (Phi) is 3.08. The molecule has 35 heavy (non-hydrogen) atoms. The lowest BCUT2D eigenvalue weighted by Gasteiger charge is -2.30. The van der Waals surface area contributed by atoms with Crippen LogP contribution in [-0.2, 0) is 14.9 Å². The first-order chi connectivity index (χ1) is 17.0. The zero-order chi connectivity index (χ0) is 23.6. The van der Waals surface area contributed by atoms with Crippen LogP contribution in [0.2, 0.25) is 0 Å². The van der Waals surface area contributed by atoms with Gasteiger partial charge in [-0.05, 0) is 68.8 Å². The summed E-state index contributed by atoms with van der Waals surface area (Å²) in [6, 6.07) is 22.9. The Hall–Kier alpha value is -4.84. The Morgan fingerprint density at radius 3 is 1.20 bits per heavy atom. The molecule has 4 aliphatic rings. The average Bonchev–Trinajstić information content (AvgIpc) is 3.52. The summed E-state index contributed by atoms with van der Waals surface area (Å²) in [6.45, 7) is 0. The number of carbonyl (C=O) groups excluding carboxylic acids is 4. The van der Waals surface area contributed by atoms with Crippen LogP contribution in [0.25, 0.3) is 22.3 Å². The second kappa shape index (κ2) is 5.80. The summed E-state index contributed by atoms with van der Waals surface area (Å²) >= 11 is 0. The van der Waals surface area contributed by atoms with Crippen LogP contribution in [0.4, 0.5) is 0 Å². The molecular formula is C29H12O6. The van der Waals surface area contributed by atoms with Crippen molar-refractivity contribution in [1.29, 1.82) is 0 Å². The van der Waals surface area contributed by atoms with Gasteiger partial charge < -0.3 is 9.47 Å². The Labute approximate surface area is 197 Å². The van der Waals surface area contributed by atoms with Crippen molar-refractivity contribution in [2.24, 2.45) is 0 Å². The molecule has 0 saturated heterocycles. The van der Waals surface area contributed by atoms with E-state index >= 15 is 0 Å². The molecule has 2 aliphatic carbocycles. The van der Waals surface area contributed by atoms with E-state index in [-0.39, 0.29) is 22.3 Å². The summed E-state index contributed by atoms with van der Waals surface area (Å²) in [5, 5.41) is 0. The van der Waals surface area contributed by atoms with Crippen molar-refractivity contribution in [3.63, 3.8) is 0 Å². The highest BCUT2D eigenvalue weighted by molar-refractivity contribution is 6.18. The maximum absolute atomic E-state index is 12.5. The van der Waals surface area contributed by atoms with Gasteiger partial charge in [0.2, 0.25) is 0 Å². The van der Waals surface area contributed by atoms with Gasteiger partial charge in [-0.25, -0.2) is 19.2 Å². The molecule has 2 heterocycles. The summed E-state index contributed by atoms with van der Waals surface area (Å²) in [4.78, 5) is 49.9. The minimum atomic E-state index is -0.847. The minimum absolute atomic E-state index is 0.190. The van der Waals surface area contributed by atoms with Crippen LogP contribution in [0, 0.1) is 0 Å². The molecule has 0 saturated carbocycles. The van der Waals surface area contributed by atoms with Gasteiger partial charge in [-0.1, -0.05) is 48.5 Å². The van der Waals surface area contributed by atoms with Gasteiger partial charge in [-0.3, -0.25) is 0 Å². The predicted molar refractivity (Wildman–Crippen MR) is 122 cm³/mol. The molecule has 0 unspecified atom stereocenters. The number of carbonyl (C=O) groups is 4. The number of cyclic esters (lactones) is 4. The molecule has 4 aromatic rings. The van der Waals surface area contributed by atoms with E-state index in [0.29, 0.717) is 11.1 Å². The van der Waals surface area contributed by atoms with E-state index in [9.17, 15) is 19.2 Å². The number of ether oxygens (including phenoxy) is 2. The monoisotopic (exact) mass is 456 g/mol. The van der Waals surface area contributed by atoms with Gasteiger partial charge in [0, 0.05) is 0 Å². The van der Waals surface area contributed by atoms with Gasteiger partial charge in [0.15, 0.2) is 0 Å². The molecule has 0 amide bonds. The van der Waals surface area contributed by atoms with E-state index in [1.165, 1.54) is 0 Å². The first-order valence-corrected chi connectivity index (χ1v) is 11.1. The highest BCUT2D eigenvalue weighted by Crippen LogP contribution is 2.63. The van der Waals surface area contributed by atoms with Gasteiger partial charge in [-0.15, -0.1) is 0 Å². The fourth-order valence-electron chi connectivity index (χ4n) is 6.29. The number of benzene rings is 4. The number of esters is 4. The first kappa shape index (κ1) is 18.6. The molecule has 6 nitrogen and oxygen atoms in total. The molecule has 0 N–H and O–H groups in total. The van der Waals surface area contributed by atoms with Crippen LogP contribution in [-0.4, -0.2) is 23.9 Å². The summed E-state index contributed by atoms with van der Waals surface area (Å²) < 4.78 is 9.79.